The minimum atomic E-state index is -2.01. The number of aliphatic hydroxyl groups excluding tert-OH is 2. The standard InChI is InChI=1S/C28H33N3O7/c1-28(26(29)35,27(36)31(3)38-24-6-4-5-17-37-24)30(2)25(34)22-15-11-20(12-16-22)8-7-19-9-13-21(14-10-19)23(33)18-32/h9-16,23-24,32-33H,4-6,17-18H2,1-3H3,(H2,29,35)/t23-,24?,28-/m0/s1. The molecule has 0 radical (unpaired) electrons. The van der Waals surface area contributed by atoms with E-state index in [2.05, 4.69) is 11.8 Å². The van der Waals surface area contributed by atoms with Crippen molar-refractivity contribution in [3.63, 3.8) is 0 Å². The summed E-state index contributed by atoms with van der Waals surface area (Å²) in [5.41, 5.74) is 5.77. The van der Waals surface area contributed by atoms with Gasteiger partial charge in [0.05, 0.1) is 6.61 Å². The highest BCUT2D eigenvalue weighted by Gasteiger charge is 2.48. The van der Waals surface area contributed by atoms with E-state index < -0.39 is 35.7 Å². The summed E-state index contributed by atoms with van der Waals surface area (Å²) < 4.78 is 5.48. The van der Waals surface area contributed by atoms with E-state index in [1.807, 2.05) is 0 Å². The number of primary amides is 1. The Balaban J connectivity index is 1.71. The topological polar surface area (TPSA) is 143 Å². The third-order valence-electron chi connectivity index (χ3n) is 6.52. The number of carbonyl (C=O) groups is 3. The summed E-state index contributed by atoms with van der Waals surface area (Å²) in [6, 6.07) is 13.2. The van der Waals surface area contributed by atoms with Crippen LogP contribution in [0.2, 0.25) is 0 Å². The maximum Gasteiger partial charge on any atom is 0.281 e. The predicted octanol–water partition coefficient (Wildman–Crippen LogP) is 1.34. The van der Waals surface area contributed by atoms with Gasteiger partial charge in [0.25, 0.3) is 17.7 Å². The van der Waals surface area contributed by atoms with E-state index in [0.717, 1.165) is 22.8 Å². The second kappa shape index (κ2) is 12.7. The van der Waals surface area contributed by atoms with Crippen LogP contribution in [-0.2, 0) is 19.2 Å². The second-order valence-corrected chi connectivity index (χ2v) is 9.15. The molecule has 10 heteroatoms. The fourth-order valence-electron chi connectivity index (χ4n) is 3.87. The van der Waals surface area contributed by atoms with Gasteiger partial charge in [0.2, 0.25) is 0 Å². The molecule has 3 amide bonds. The van der Waals surface area contributed by atoms with Crippen LogP contribution in [0.25, 0.3) is 0 Å². The van der Waals surface area contributed by atoms with Crippen LogP contribution in [0.1, 0.15) is 59.3 Å². The fraction of sp³-hybridized carbons (Fsp3) is 0.393. The molecule has 0 spiro atoms. The van der Waals surface area contributed by atoms with Crippen LogP contribution in [0.15, 0.2) is 48.5 Å². The average molecular weight is 524 g/mol. The molecule has 0 aromatic heterocycles. The van der Waals surface area contributed by atoms with Crippen LogP contribution in [0, 0.1) is 11.8 Å². The van der Waals surface area contributed by atoms with Gasteiger partial charge in [-0.15, -0.1) is 0 Å². The number of rotatable bonds is 8. The van der Waals surface area contributed by atoms with Crippen LogP contribution in [0.4, 0.5) is 0 Å². The summed E-state index contributed by atoms with van der Waals surface area (Å²) in [7, 11) is 2.69. The first-order valence-electron chi connectivity index (χ1n) is 12.2. The molecule has 10 nitrogen and oxygen atoms in total. The zero-order chi connectivity index (χ0) is 27.9. The summed E-state index contributed by atoms with van der Waals surface area (Å²) in [6.07, 6.45) is 0.842. The Kier molecular flexibility index (Phi) is 9.61. The molecule has 1 aliphatic rings. The van der Waals surface area contributed by atoms with E-state index in [1.54, 1.807) is 48.5 Å². The molecule has 2 aromatic carbocycles. The molecule has 0 saturated carbocycles. The lowest BCUT2D eigenvalue weighted by molar-refractivity contribution is -0.274. The molecule has 38 heavy (non-hydrogen) atoms. The third kappa shape index (κ3) is 6.57. The molecule has 3 rings (SSSR count). The molecule has 0 bridgehead atoms. The summed E-state index contributed by atoms with van der Waals surface area (Å²) in [4.78, 5) is 45.4. The van der Waals surface area contributed by atoms with Crippen molar-refractivity contribution in [1.82, 2.24) is 9.96 Å². The highest BCUT2D eigenvalue weighted by Crippen LogP contribution is 2.22. The predicted molar refractivity (Wildman–Crippen MR) is 138 cm³/mol. The summed E-state index contributed by atoms with van der Waals surface area (Å²) in [5, 5.41) is 19.6. The number of nitrogens with zero attached hydrogens (tertiary/aromatic N) is 2. The van der Waals surface area contributed by atoms with Gasteiger partial charge in [0.15, 0.2) is 11.8 Å². The minimum Gasteiger partial charge on any atom is -0.393 e. The molecule has 2 aromatic rings. The quantitative estimate of drug-likeness (QED) is 0.269. The Morgan fingerprint density at radius 1 is 1.08 bits per heavy atom. The highest BCUT2D eigenvalue weighted by atomic mass is 16.8. The maximum atomic E-state index is 13.2. The van der Waals surface area contributed by atoms with Gasteiger partial charge in [0, 0.05) is 43.8 Å². The van der Waals surface area contributed by atoms with Crippen molar-refractivity contribution in [3.05, 3.63) is 70.8 Å². The molecule has 1 heterocycles. The van der Waals surface area contributed by atoms with Crippen LogP contribution >= 0.6 is 0 Å². The van der Waals surface area contributed by atoms with Crippen LogP contribution in [-0.4, -0.2) is 77.0 Å². The Labute approximate surface area is 221 Å². The molecule has 0 aliphatic carbocycles. The molecule has 1 saturated heterocycles. The minimum absolute atomic E-state index is 0.236. The van der Waals surface area contributed by atoms with E-state index in [9.17, 15) is 19.5 Å². The number of nitrogens with two attached hydrogens (primary N) is 1. The first-order chi connectivity index (χ1) is 18.1. The molecule has 4 N–H and O–H groups in total. The SMILES string of the molecule is CN(OC1CCCCO1)C(=O)[C@](C)(C(N)=O)N(C)C(=O)c1ccc(C#Cc2ccc([C@@H](O)CO)cc2)cc1. The van der Waals surface area contributed by atoms with E-state index >= 15 is 0 Å². The van der Waals surface area contributed by atoms with Gasteiger partial charge in [-0.1, -0.05) is 24.0 Å². The maximum absolute atomic E-state index is 13.2. The number of hydroxylamine groups is 2. The van der Waals surface area contributed by atoms with Gasteiger partial charge in [0.1, 0.15) is 6.10 Å². The average Bonchev–Trinajstić information content (AvgIpc) is 2.94. The molecule has 1 aliphatic heterocycles. The first kappa shape index (κ1) is 28.8. The van der Waals surface area contributed by atoms with Crippen molar-refractivity contribution in [2.45, 2.75) is 44.1 Å². The van der Waals surface area contributed by atoms with Crippen molar-refractivity contribution >= 4 is 17.7 Å². The van der Waals surface area contributed by atoms with Gasteiger partial charge in [-0.25, -0.2) is 9.90 Å². The molecular formula is C28H33N3O7. The summed E-state index contributed by atoms with van der Waals surface area (Å²) >= 11 is 0. The molecule has 3 atom stereocenters. The summed E-state index contributed by atoms with van der Waals surface area (Å²) in [5.74, 6) is 3.60. The number of amides is 3. The van der Waals surface area contributed by atoms with Crippen LogP contribution in [0.3, 0.4) is 0 Å². The van der Waals surface area contributed by atoms with Gasteiger partial charge in [-0.2, -0.15) is 0 Å². The zero-order valence-electron chi connectivity index (χ0n) is 21.7. The number of benzene rings is 2. The van der Waals surface area contributed by atoms with Gasteiger partial charge >= 0.3 is 0 Å². The molecule has 1 fully saturated rings. The first-order valence-corrected chi connectivity index (χ1v) is 12.2. The van der Waals surface area contributed by atoms with E-state index in [-0.39, 0.29) is 12.2 Å². The number of aliphatic hydroxyl groups is 2. The van der Waals surface area contributed by atoms with E-state index in [1.165, 1.54) is 21.0 Å². The number of carbonyl (C=O) groups excluding carboxylic acids is 3. The normalized spacial score (nSPS) is 17.3. The molecule has 202 valence electrons. The fourth-order valence-corrected chi connectivity index (χ4v) is 3.87. The zero-order valence-corrected chi connectivity index (χ0v) is 21.7. The smallest absolute Gasteiger partial charge is 0.281 e. The number of ether oxygens (including phenoxy) is 1. The molecular weight excluding hydrogens is 490 g/mol. The largest absolute Gasteiger partial charge is 0.393 e. The highest BCUT2D eigenvalue weighted by molar-refractivity contribution is 6.12. The number of likely N-dealkylation sites (N-methyl/N-ethyl adjacent to an activating group) is 2. The van der Waals surface area contributed by atoms with Gasteiger partial charge in [-0.3, -0.25) is 14.4 Å². The molecule has 1 unspecified atom stereocenters. The van der Waals surface area contributed by atoms with Gasteiger partial charge in [-0.05, 0) is 61.7 Å². The lowest BCUT2D eigenvalue weighted by Gasteiger charge is -2.38. The Morgan fingerprint density at radius 3 is 2.16 bits per heavy atom. The van der Waals surface area contributed by atoms with Crippen molar-refractivity contribution in [3.8, 4) is 11.8 Å². The van der Waals surface area contributed by atoms with Crippen molar-refractivity contribution < 1.29 is 34.2 Å². The number of hydrogen-bond acceptors (Lipinski definition) is 7. The lowest BCUT2D eigenvalue weighted by atomic mass is 9.96. The Bertz CT molecular complexity index is 1200. The van der Waals surface area contributed by atoms with Crippen LogP contribution < -0.4 is 5.73 Å². The van der Waals surface area contributed by atoms with E-state index in [4.69, 9.17) is 20.4 Å². The van der Waals surface area contributed by atoms with Crippen molar-refractivity contribution in [1.29, 1.82) is 0 Å². The monoisotopic (exact) mass is 523 g/mol. The van der Waals surface area contributed by atoms with Gasteiger partial charge < -0.3 is 25.6 Å². The van der Waals surface area contributed by atoms with E-state index in [0.29, 0.717) is 29.7 Å². The Morgan fingerprint density at radius 2 is 1.66 bits per heavy atom. The number of hydrogen-bond donors (Lipinski definition) is 3. The summed E-state index contributed by atoms with van der Waals surface area (Å²) in [6.45, 7) is 1.43. The second-order valence-electron chi connectivity index (χ2n) is 9.15. The third-order valence-corrected chi connectivity index (χ3v) is 6.52. The Hall–Kier alpha value is -3.75. The lowest BCUT2D eigenvalue weighted by Crippen LogP contribution is -2.64. The van der Waals surface area contributed by atoms with Crippen molar-refractivity contribution in [2.24, 2.45) is 5.73 Å². The van der Waals surface area contributed by atoms with Crippen LogP contribution in [0.5, 0.6) is 0 Å². The van der Waals surface area contributed by atoms with Crippen molar-refractivity contribution in [2.75, 3.05) is 27.3 Å².